The van der Waals surface area contributed by atoms with Crippen LogP contribution in [0.5, 0.6) is 5.75 Å². The highest BCUT2D eigenvalue weighted by Crippen LogP contribution is 2.23. The van der Waals surface area contributed by atoms with E-state index < -0.39 is 0 Å². The van der Waals surface area contributed by atoms with E-state index in [1.807, 2.05) is 30.3 Å². The largest absolute Gasteiger partial charge is 0.492 e. The molecule has 1 aliphatic rings. The maximum Gasteiger partial charge on any atom is 0.119 e. The van der Waals surface area contributed by atoms with Gasteiger partial charge in [-0.2, -0.15) is 0 Å². The molecule has 0 spiro atoms. The maximum atomic E-state index is 6.02. The SMILES string of the molecule is NC(=NCCOc1ccccc1)C1CCCCC1. The molecule has 3 nitrogen and oxygen atoms in total. The number of ether oxygens (including phenoxy) is 1. The lowest BCUT2D eigenvalue weighted by atomic mass is 9.88. The zero-order valence-corrected chi connectivity index (χ0v) is 10.8. The fraction of sp³-hybridized carbons (Fsp3) is 0.533. The van der Waals surface area contributed by atoms with Gasteiger partial charge in [-0.1, -0.05) is 37.5 Å². The molecule has 0 aromatic heterocycles. The van der Waals surface area contributed by atoms with Crippen molar-refractivity contribution in [3.05, 3.63) is 30.3 Å². The summed E-state index contributed by atoms with van der Waals surface area (Å²) in [5, 5.41) is 0. The molecule has 1 aromatic rings. The van der Waals surface area contributed by atoms with E-state index in [2.05, 4.69) is 4.99 Å². The number of aliphatic imine (C=N–C) groups is 1. The topological polar surface area (TPSA) is 47.6 Å². The summed E-state index contributed by atoms with van der Waals surface area (Å²) in [6, 6.07) is 9.82. The van der Waals surface area contributed by atoms with Crippen molar-refractivity contribution in [3.63, 3.8) is 0 Å². The molecular formula is C15H22N2O. The number of hydrogen-bond acceptors (Lipinski definition) is 2. The van der Waals surface area contributed by atoms with Gasteiger partial charge in [0.1, 0.15) is 12.4 Å². The highest BCUT2D eigenvalue weighted by Gasteiger charge is 2.16. The van der Waals surface area contributed by atoms with Gasteiger partial charge in [0.2, 0.25) is 0 Å². The normalized spacial score (nSPS) is 17.7. The molecule has 0 heterocycles. The lowest BCUT2D eigenvalue weighted by molar-refractivity contribution is 0.328. The molecule has 2 N–H and O–H groups in total. The Balaban J connectivity index is 1.70. The maximum absolute atomic E-state index is 6.02. The van der Waals surface area contributed by atoms with E-state index in [0.29, 0.717) is 19.1 Å². The van der Waals surface area contributed by atoms with Crippen LogP contribution >= 0.6 is 0 Å². The van der Waals surface area contributed by atoms with E-state index in [-0.39, 0.29) is 0 Å². The highest BCUT2D eigenvalue weighted by atomic mass is 16.5. The fourth-order valence-corrected chi connectivity index (χ4v) is 2.38. The Hall–Kier alpha value is -1.51. The third-order valence-corrected chi connectivity index (χ3v) is 3.42. The zero-order valence-electron chi connectivity index (χ0n) is 10.8. The summed E-state index contributed by atoms with van der Waals surface area (Å²) >= 11 is 0. The molecule has 0 amide bonds. The van der Waals surface area contributed by atoms with Gasteiger partial charge in [-0.15, -0.1) is 0 Å². The van der Waals surface area contributed by atoms with Crippen LogP contribution in [0, 0.1) is 5.92 Å². The number of rotatable bonds is 5. The van der Waals surface area contributed by atoms with Crippen molar-refractivity contribution < 1.29 is 4.74 Å². The number of nitrogens with zero attached hydrogens (tertiary/aromatic N) is 1. The molecule has 1 aromatic carbocycles. The lowest BCUT2D eigenvalue weighted by Crippen LogP contribution is -2.26. The fourth-order valence-electron chi connectivity index (χ4n) is 2.38. The molecule has 0 bridgehead atoms. The first-order valence-electron chi connectivity index (χ1n) is 6.84. The molecular weight excluding hydrogens is 224 g/mol. The number of benzene rings is 1. The van der Waals surface area contributed by atoms with Crippen molar-refractivity contribution in [1.29, 1.82) is 0 Å². The molecule has 0 saturated heterocycles. The minimum atomic E-state index is 0.510. The molecule has 0 unspecified atom stereocenters. The number of nitrogens with two attached hydrogens (primary N) is 1. The second-order valence-corrected chi connectivity index (χ2v) is 4.80. The standard InChI is InChI=1S/C15H22N2O/c16-15(13-7-3-1-4-8-13)17-11-12-18-14-9-5-2-6-10-14/h2,5-6,9-10,13H,1,3-4,7-8,11-12H2,(H2,16,17). The van der Waals surface area contributed by atoms with Crippen molar-refractivity contribution in [2.24, 2.45) is 16.6 Å². The van der Waals surface area contributed by atoms with Gasteiger partial charge in [0.05, 0.1) is 12.4 Å². The van der Waals surface area contributed by atoms with Crippen molar-refractivity contribution in [3.8, 4) is 5.75 Å². The molecule has 1 fully saturated rings. The van der Waals surface area contributed by atoms with Gasteiger partial charge in [-0.25, -0.2) is 0 Å². The Morgan fingerprint density at radius 2 is 1.89 bits per heavy atom. The summed E-state index contributed by atoms with van der Waals surface area (Å²) in [5.41, 5.74) is 6.02. The molecule has 0 radical (unpaired) electrons. The van der Waals surface area contributed by atoms with Gasteiger partial charge in [-0.05, 0) is 25.0 Å². The van der Waals surface area contributed by atoms with Crippen LogP contribution in [0.3, 0.4) is 0 Å². The second kappa shape index (κ2) is 7.04. The van der Waals surface area contributed by atoms with Gasteiger partial charge in [0, 0.05) is 5.92 Å². The van der Waals surface area contributed by atoms with Crippen LogP contribution in [0.2, 0.25) is 0 Å². The molecule has 0 aliphatic heterocycles. The van der Waals surface area contributed by atoms with E-state index >= 15 is 0 Å². The highest BCUT2D eigenvalue weighted by molar-refractivity contribution is 5.82. The van der Waals surface area contributed by atoms with E-state index in [0.717, 1.165) is 11.6 Å². The quantitative estimate of drug-likeness (QED) is 0.493. The van der Waals surface area contributed by atoms with Crippen molar-refractivity contribution in [2.45, 2.75) is 32.1 Å². The zero-order chi connectivity index (χ0) is 12.6. The summed E-state index contributed by atoms with van der Waals surface area (Å²) < 4.78 is 5.58. The first-order valence-corrected chi connectivity index (χ1v) is 6.84. The van der Waals surface area contributed by atoms with E-state index in [4.69, 9.17) is 10.5 Å². The molecule has 3 heteroatoms. The van der Waals surface area contributed by atoms with Crippen LogP contribution < -0.4 is 10.5 Å². The van der Waals surface area contributed by atoms with Crippen LogP contribution in [-0.2, 0) is 0 Å². The molecule has 2 rings (SSSR count). The minimum absolute atomic E-state index is 0.510. The first-order chi connectivity index (χ1) is 8.86. The Morgan fingerprint density at radius 3 is 2.61 bits per heavy atom. The molecule has 98 valence electrons. The van der Waals surface area contributed by atoms with Crippen LogP contribution in [0.15, 0.2) is 35.3 Å². The average molecular weight is 246 g/mol. The second-order valence-electron chi connectivity index (χ2n) is 4.80. The Bertz CT molecular complexity index is 369. The number of para-hydroxylation sites is 1. The summed E-state index contributed by atoms with van der Waals surface area (Å²) in [4.78, 5) is 4.43. The van der Waals surface area contributed by atoms with Crippen molar-refractivity contribution in [2.75, 3.05) is 13.2 Å². The molecule has 18 heavy (non-hydrogen) atoms. The van der Waals surface area contributed by atoms with Gasteiger partial charge in [0.25, 0.3) is 0 Å². The van der Waals surface area contributed by atoms with E-state index in [1.165, 1.54) is 32.1 Å². The summed E-state index contributed by atoms with van der Waals surface area (Å²) in [7, 11) is 0. The van der Waals surface area contributed by atoms with Crippen LogP contribution in [0.25, 0.3) is 0 Å². The predicted octanol–water partition coefficient (Wildman–Crippen LogP) is 3.00. The predicted molar refractivity (Wildman–Crippen MR) is 75.0 cm³/mol. The number of hydrogen-bond donors (Lipinski definition) is 1. The Labute approximate surface area is 109 Å². The Kier molecular flexibility index (Phi) is 5.06. The monoisotopic (exact) mass is 246 g/mol. The Morgan fingerprint density at radius 1 is 1.17 bits per heavy atom. The van der Waals surface area contributed by atoms with Gasteiger partial charge < -0.3 is 10.5 Å². The first kappa shape index (κ1) is 12.9. The molecule has 1 aliphatic carbocycles. The molecule has 0 atom stereocenters. The third-order valence-electron chi connectivity index (χ3n) is 3.42. The van der Waals surface area contributed by atoms with Crippen LogP contribution in [0.1, 0.15) is 32.1 Å². The summed E-state index contributed by atoms with van der Waals surface area (Å²) in [6.45, 7) is 1.24. The van der Waals surface area contributed by atoms with E-state index in [9.17, 15) is 0 Å². The molecule has 1 saturated carbocycles. The van der Waals surface area contributed by atoms with Gasteiger partial charge in [-0.3, -0.25) is 4.99 Å². The average Bonchev–Trinajstić information content (AvgIpc) is 2.45. The summed E-state index contributed by atoms with van der Waals surface area (Å²) in [6.07, 6.45) is 6.34. The lowest BCUT2D eigenvalue weighted by Gasteiger charge is -2.20. The van der Waals surface area contributed by atoms with Crippen LogP contribution in [-0.4, -0.2) is 19.0 Å². The smallest absolute Gasteiger partial charge is 0.119 e. The van der Waals surface area contributed by atoms with Gasteiger partial charge >= 0.3 is 0 Å². The summed E-state index contributed by atoms with van der Waals surface area (Å²) in [5.74, 6) is 2.23. The van der Waals surface area contributed by atoms with Gasteiger partial charge in [0.15, 0.2) is 0 Å². The number of amidine groups is 1. The van der Waals surface area contributed by atoms with Crippen molar-refractivity contribution >= 4 is 5.84 Å². The van der Waals surface area contributed by atoms with Crippen LogP contribution in [0.4, 0.5) is 0 Å². The third kappa shape index (κ3) is 4.06. The van der Waals surface area contributed by atoms with Crippen molar-refractivity contribution in [1.82, 2.24) is 0 Å². The minimum Gasteiger partial charge on any atom is -0.492 e. The van der Waals surface area contributed by atoms with E-state index in [1.54, 1.807) is 0 Å².